The second-order valence-electron chi connectivity index (χ2n) is 3.70. The molecule has 66 valence electrons. The molecule has 0 spiro atoms. The molecule has 0 aromatic rings. The minimum atomic E-state index is -0.772. The number of hydrogen-bond acceptors (Lipinski definition) is 2. The zero-order chi connectivity index (χ0) is 8.88. The standard InChI is InChI=1S/C8H10O4/c9-7(10)3-1-4-5(2-3)6(4)8(11)12/h3-6H,1-2H2,(H,9,10)(H,11,12)/t3-,4-,5+,6-. The average Bonchev–Trinajstić information content (AvgIpc) is 2.48. The molecule has 2 aliphatic carbocycles. The highest BCUT2D eigenvalue weighted by atomic mass is 16.4. The summed E-state index contributed by atoms with van der Waals surface area (Å²) in [7, 11) is 0. The second-order valence-corrected chi connectivity index (χ2v) is 3.70. The van der Waals surface area contributed by atoms with E-state index in [1.807, 2.05) is 0 Å². The molecule has 0 radical (unpaired) electrons. The molecule has 2 fully saturated rings. The van der Waals surface area contributed by atoms with Gasteiger partial charge in [0.1, 0.15) is 0 Å². The van der Waals surface area contributed by atoms with Crippen LogP contribution in [0.15, 0.2) is 0 Å². The summed E-state index contributed by atoms with van der Waals surface area (Å²) in [5, 5.41) is 17.3. The molecule has 4 nitrogen and oxygen atoms in total. The van der Waals surface area contributed by atoms with Gasteiger partial charge in [-0.25, -0.2) is 0 Å². The highest BCUT2D eigenvalue weighted by Crippen LogP contribution is 2.59. The maximum atomic E-state index is 10.5. The lowest BCUT2D eigenvalue weighted by Gasteiger charge is -2.05. The van der Waals surface area contributed by atoms with E-state index in [-0.39, 0.29) is 23.7 Å². The summed E-state index contributed by atoms with van der Waals surface area (Å²) in [6.07, 6.45) is 1.13. The van der Waals surface area contributed by atoms with Crippen LogP contribution in [0.25, 0.3) is 0 Å². The molecule has 0 amide bonds. The number of aliphatic carboxylic acids is 2. The number of carboxylic acids is 2. The van der Waals surface area contributed by atoms with Gasteiger partial charge in [-0.05, 0) is 24.7 Å². The van der Waals surface area contributed by atoms with Gasteiger partial charge < -0.3 is 10.2 Å². The zero-order valence-corrected chi connectivity index (χ0v) is 6.43. The molecule has 0 heterocycles. The summed E-state index contributed by atoms with van der Waals surface area (Å²) >= 11 is 0. The first-order valence-electron chi connectivity index (χ1n) is 4.07. The van der Waals surface area contributed by atoms with Crippen molar-refractivity contribution < 1.29 is 19.8 Å². The van der Waals surface area contributed by atoms with Crippen molar-refractivity contribution in [1.29, 1.82) is 0 Å². The molecule has 0 unspecified atom stereocenters. The third kappa shape index (κ3) is 0.906. The fourth-order valence-corrected chi connectivity index (χ4v) is 2.41. The third-order valence-corrected chi connectivity index (χ3v) is 3.08. The van der Waals surface area contributed by atoms with Crippen molar-refractivity contribution in [2.24, 2.45) is 23.7 Å². The van der Waals surface area contributed by atoms with Crippen LogP contribution >= 0.6 is 0 Å². The largest absolute Gasteiger partial charge is 0.481 e. The van der Waals surface area contributed by atoms with Crippen molar-refractivity contribution in [3.8, 4) is 0 Å². The number of carbonyl (C=O) groups is 2. The van der Waals surface area contributed by atoms with Gasteiger partial charge in [0.15, 0.2) is 0 Å². The average molecular weight is 170 g/mol. The Hall–Kier alpha value is -1.06. The van der Waals surface area contributed by atoms with E-state index < -0.39 is 11.9 Å². The monoisotopic (exact) mass is 170 g/mol. The van der Waals surface area contributed by atoms with Gasteiger partial charge in [-0.2, -0.15) is 0 Å². The van der Waals surface area contributed by atoms with E-state index in [4.69, 9.17) is 10.2 Å². The summed E-state index contributed by atoms with van der Waals surface area (Å²) in [5.41, 5.74) is 0. The van der Waals surface area contributed by atoms with E-state index in [0.717, 1.165) is 0 Å². The Bertz CT molecular complexity index is 223. The number of rotatable bonds is 2. The van der Waals surface area contributed by atoms with Crippen LogP contribution in [0.4, 0.5) is 0 Å². The Morgan fingerprint density at radius 2 is 1.50 bits per heavy atom. The molecule has 0 aromatic carbocycles. The predicted molar refractivity (Wildman–Crippen MR) is 38.5 cm³/mol. The lowest BCUT2D eigenvalue weighted by atomic mass is 10.0. The van der Waals surface area contributed by atoms with Crippen LogP contribution in [0.1, 0.15) is 12.8 Å². The minimum Gasteiger partial charge on any atom is -0.481 e. The van der Waals surface area contributed by atoms with Gasteiger partial charge in [-0.1, -0.05) is 0 Å². The summed E-state index contributed by atoms with van der Waals surface area (Å²) in [5.74, 6) is -1.73. The van der Waals surface area contributed by atoms with Crippen molar-refractivity contribution in [2.75, 3.05) is 0 Å². The second kappa shape index (κ2) is 2.21. The van der Waals surface area contributed by atoms with Gasteiger partial charge in [-0.3, -0.25) is 9.59 Å². The van der Waals surface area contributed by atoms with Crippen LogP contribution < -0.4 is 0 Å². The fraction of sp³-hybridized carbons (Fsp3) is 0.750. The van der Waals surface area contributed by atoms with Crippen LogP contribution in [0.5, 0.6) is 0 Å². The normalized spacial score (nSPS) is 43.7. The molecule has 2 N–H and O–H groups in total. The molecule has 2 saturated carbocycles. The van der Waals surface area contributed by atoms with Gasteiger partial charge in [0.2, 0.25) is 0 Å². The SMILES string of the molecule is O=C(O)[C@@H]1C[C@@H]2[C@H](C1)[C@@H]2C(=O)O. The molecule has 4 atom stereocenters. The van der Waals surface area contributed by atoms with Crippen molar-refractivity contribution in [3.63, 3.8) is 0 Å². The van der Waals surface area contributed by atoms with E-state index in [0.29, 0.717) is 12.8 Å². The van der Waals surface area contributed by atoms with Gasteiger partial charge >= 0.3 is 11.9 Å². The molecular formula is C8H10O4. The maximum absolute atomic E-state index is 10.5. The smallest absolute Gasteiger partial charge is 0.307 e. The van der Waals surface area contributed by atoms with Crippen LogP contribution in [0.3, 0.4) is 0 Å². The molecule has 2 aliphatic rings. The van der Waals surface area contributed by atoms with Crippen LogP contribution in [0, 0.1) is 23.7 Å². The molecule has 12 heavy (non-hydrogen) atoms. The van der Waals surface area contributed by atoms with E-state index >= 15 is 0 Å². The Morgan fingerprint density at radius 1 is 1.00 bits per heavy atom. The van der Waals surface area contributed by atoms with Crippen molar-refractivity contribution in [1.82, 2.24) is 0 Å². The number of fused-ring (bicyclic) bond motifs is 1. The molecule has 2 rings (SSSR count). The Morgan fingerprint density at radius 3 is 1.83 bits per heavy atom. The van der Waals surface area contributed by atoms with Crippen LogP contribution in [0.2, 0.25) is 0 Å². The molecule has 0 aromatic heterocycles. The third-order valence-electron chi connectivity index (χ3n) is 3.08. The van der Waals surface area contributed by atoms with Gasteiger partial charge in [-0.15, -0.1) is 0 Å². The lowest BCUT2D eigenvalue weighted by Crippen LogP contribution is -2.15. The first kappa shape index (κ1) is 7.58. The first-order chi connectivity index (χ1) is 5.61. The Balaban J connectivity index is 1.94. The zero-order valence-electron chi connectivity index (χ0n) is 6.43. The van der Waals surface area contributed by atoms with Crippen LogP contribution in [-0.4, -0.2) is 22.2 Å². The summed E-state index contributed by atoms with van der Waals surface area (Å²) < 4.78 is 0. The lowest BCUT2D eigenvalue weighted by molar-refractivity contribution is -0.144. The van der Waals surface area contributed by atoms with E-state index in [1.165, 1.54) is 0 Å². The van der Waals surface area contributed by atoms with E-state index in [9.17, 15) is 9.59 Å². The Labute approximate surface area is 69.2 Å². The van der Waals surface area contributed by atoms with Crippen molar-refractivity contribution in [3.05, 3.63) is 0 Å². The van der Waals surface area contributed by atoms with Crippen molar-refractivity contribution in [2.45, 2.75) is 12.8 Å². The summed E-state index contributed by atoms with van der Waals surface area (Å²) in [6.45, 7) is 0. The highest BCUT2D eigenvalue weighted by molar-refractivity contribution is 5.77. The van der Waals surface area contributed by atoms with Crippen LogP contribution in [-0.2, 0) is 9.59 Å². The highest BCUT2D eigenvalue weighted by Gasteiger charge is 2.61. The first-order valence-corrected chi connectivity index (χ1v) is 4.07. The minimum absolute atomic E-state index is 0.156. The Kier molecular flexibility index (Phi) is 1.40. The van der Waals surface area contributed by atoms with Gasteiger partial charge in [0.25, 0.3) is 0 Å². The van der Waals surface area contributed by atoms with Crippen molar-refractivity contribution >= 4 is 11.9 Å². The summed E-state index contributed by atoms with van der Waals surface area (Å²) in [6, 6.07) is 0. The maximum Gasteiger partial charge on any atom is 0.307 e. The molecule has 0 bridgehead atoms. The number of hydrogen-bond donors (Lipinski definition) is 2. The van der Waals surface area contributed by atoms with Gasteiger partial charge in [0, 0.05) is 0 Å². The van der Waals surface area contributed by atoms with E-state index in [2.05, 4.69) is 0 Å². The quantitative estimate of drug-likeness (QED) is 0.630. The molecular weight excluding hydrogens is 160 g/mol. The summed E-state index contributed by atoms with van der Waals surface area (Å²) in [4.78, 5) is 21.0. The molecule has 0 saturated heterocycles. The van der Waals surface area contributed by atoms with Gasteiger partial charge in [0.05, 0.1) is 11.8 Å². The fourth-order valence-electron chi connectivity index (χ4n) is 2.41. The molecule has 4 heteroatoms. The molecule has 0 aliphatic heterocycles. The number of carboxylic acid groups (broad SMARTS) is 2. The van der Waals surface area contributed by atoms with E-state index in [1.54, 1.807) is 0 Å². The predicted octanol–water partition coefficient (Wildman–Crippen LogP) is 0.428. The topological polar surface area (TPSA) is 74.6 Å².